The Morgan fingerprint density at radius 3 is 2.75 bits per heavy atom. The molecule has 0 aromatic heterocycles. The van der Waals surface area contributed by atoms with Crippen molar-refractivity contribution < 1.29 is 14.7 Å². The van der Waals surface area contributed by atoms with Gasteiger partial charge in [0.25, 0.3) is 0 Å². The molecule has 1 aromatic rings. The van der Waals surface area contributed by atoms with E-state index in [1.54, 1.807) is 0 Å². The quantitative estimate of drug-likeness (QED) is 0.841. The van der Waals surface area contributed by atoms with Gasteiger partial charge in [-0.25, -0.2) is 0 Å². The van der Waals surface area contributed by atoms with Crippen LogP contribution in [0, 0.1) is 6.92 Å². The van der Waals surface area contributed by atoms with Gasteiger partial charge in [-0.1, -0.05) is 12.1 Å². The molecule has 1 heterocycles. The summed E-state index contributed by atoms with van der Waals surface area (Å²) in [4.78, 5) is 24.6. The van der Waals surface area contributed by atoms with E-state index in [0.29, 0.717) is 19.3 Å². The summed E-state index contributed by atoms with van der Waals surface area (Å²) >= 11 is 0. The molecule has 20 heavy (non-hydrogen) atoms. The van der Waals surface area contributed by atoms with Crippen LogP contribution in [0.4, 0.5) is 5.69 Å². The Kier molecular flexibility index (Phi) is 4.77. The van der Waals surface area contributed by atoms with Gasteiger partial charge in [-0.15, -0.1) is 0 Å². The smallest absolute Gasteiger partial charge is 0.303 e. The van der Waals surface area contributed by atoms with E-state index in [2.05, 4.69) is 18.2 Å². The summed E-state index contributed by atoms with van der Waals surface area (Å²) in [7, 11) is 0. The maximum atomic E-state index is 12.3. The largest absolute Gasteiger partial charge is 0.481 e. The summed E-state index contributed by atoms with van der Waals surface area (Å²) in [5.74, 6) is -0.682. The highest BCUT2D eigenvalue weighted by Gasteiger charge is 2.22. The van der Waals surface area contributed by atoms with Gasteiger partial charge in [0.2, 0.25) is 5.91 Å². The van der Waals surface area contributed by atoms with Crippen LogP contribution in [-0.4, -0.2) is 23.5 Å². The van der Waals surface area contributed by atoms with Gasteiger partial charge in [0.05, 0.1) is 0 Å². The second kappa shape index (κ2) is 6.55. The van der Waals surface area contributed by atoms with Crippen LogP contribution in [0.15, 0.2) is 18.2 Å². The van der Waals surface area contributed by atoms with Crippen LogP contribution >= 0.6 is 0 Å². The number of aryl methyl sites for hydroxylation is 2. The molecule has 0 aliphatic carbocycles. The molecule has 1 N–H and O–H groups in total. The molecular weight excluding hydrogens is 254 g/mol. The van der Waals surface area contributed by atoms with E-state index in [-0.39, 0.29) is 12.3 Å². The van der Waals surface area contributed by atoms with Crippen LogP contribution in [0.2, 0.25) is 0 Å². The fraction of sp³-hybridized carbons (Fsp3) is 0.500. The molecule has 0 bridgehead atoms. The summed E-state index contributed by atoms with van der Waals surface area (Å²) in [5.41, 5.74) is 3.44. The van der Waals surface area contributed by atoms with E-state index in [0.717, 1.165) is 30.6 Å². The van der Waals surface area contributed by atoms with E-state index in [1.807, 2.05) is 11.8 Å². The minimum Gasteiger partial charge on any atom is -0.481 e. The second-order valence-electron chi connectivity index (χ2n) is 5.38. The molecule has 1 aliphatic heterocycles. The lowest BCUT2D eigenvalue weighted by molar-refractivity contribution is -0.137. The third-order valence-electron chi connectivity index (χ3n) is 3.69. The molecule has 0 saturated heterocycles. The predicted octanol–water partition coefficient (Wildman–Crippen LogP) is 2.92. The first-order valence-electron chi connectivity index (χ1n) is 7.19. The summed E-state index contributed by atoms with van der Waals surface area (Å²) in [6.45, 7) is 2.80. The number of carbonyl (C=O) groups is 2. The van der Waals surface area contributed by atoms with Crippen molar-refractivity contribution in [3.05, 3.63) is 29.3 Å². The standard InChI is InChI=1S/C16H21NO3/c1-12-8-9-13-5-4-10-17(14(13)11-12)15(18)6-2-3-7-16(19)20/h8-9,11H,2-7,10H2,1H3,(H,19,20). The molecule has 0 fully saturated rings. The van der Waals surface area contributed by atoms with Gasteiger partial charge < -0.3 is 10.0 Å². The highest BCUT2D eigenvalue weighted by atomic mass is 16.4. The number of carbonyl (C=O) groups excluding carboxylic acids is 1. The van der Waals surface area contributed by atoms with Crippen molar-refractivity contribution in [3.63, 3.8) is 0 Å². The second-order valence-corrected chi connectivity index (χ2v) is 5.38. The predicted molar refractivity (Wildman–Crippen MR) is 78.0 cm³/mol. The molecule has 1 aromatic carbocycles. The van der Waals surface area contributed by atoms with Gasteiger partial charge in [-0.3, -0.25) is 9.59 Å². The average Bonchev–Trinajstić information content (AvgIpc) is 2.42. The number of carboxylic acids is 1. The number of fused-ring (bicyclic) bond motifs is 1. The van der Waals surface area contributed by atoms with Crippen molar-refractivity contribution >= 4 is 17.6 Å². The van der Waals surface area contributed by atoms with Crippen LogP contribution < -0.4 is 4.90 Å². The molecule has 4 heteroatoms. The summed E-state index contributed by atoms with van der Waals surface area (Å²) in [5, 5.41) is 8.59. The highest BCUT2D eigenvalue weighted by Crippen LogP contribution is 2.28. The van der Waals surface area contributed by atoms with Crippen molar-refractivity contribution in [3.8, 4) is 0 Å². The topological polar surface area (TPSA) is 57.6 Å². The first-order chi connectivity index (χ1) is 9.58. The van der Waals surface area contributed by atoms with Crippen LogP contribution in [0.5, 0.6) is 0 Å². The molecule has 0 spiro atoms. The van der Waals surface area contributed by atoms with Crippen molar-refractivity contribution in [2.75, 3.05) is 11.4 Å². The van der Waals surface area contributed by atoms with E-state index < -0.39 is 5.97 Å². The Labute approximate surface area is 119 Å². The SMILES string of the molecule is Cc1ccc2c(c1)N(C(=O)CCCCC(=O)O)CCC2. The summed E-state index contributed by atoms with van der Waals surface area (Å²) in [6, 6.07) is 6.26. The van der Waals surface area contributed by atoms with Gasteiger partial charge >= 0.3 is 5.97 Å². The zero-order chi connectivity index (χ0) is 14.5. The molecule has 2 rings (SSSR count). The normalized spacial score (nSPS) is 13.9. The average molecular weight is 275 g/mol. The fourth-order valence-electron chi connectivity index (χ4n) is 2.63. The number of anilines is 1. The van der Waals surface area contributed by atoms with Gasteiger partial charge in [0.1, 0.15) is 0 Å². The minimum atomic E-state index is -0.795. The van der Waals surface area contributed by atoms with Crippen LogP contribution in [0.25, 0.3) is 0 Å². The lowest BCUT2D eigenvalue weighted by Gasteiger charge is -2.30. The fourth-order valence-corrected chi connectivity index (χ4v) is 2.63. The Morgan fingerprint density at radius 2 is 2.00 bits per heavy atom. The highest BCUT2D eigenvalue weighted by molar-refractivity contribution is 5.94. The van der Waals surface area contributed by atoms with Crippen molar-refractivity contribution in [1.29, 1.82) is 0 Å². The lowest BCUT2D eigenvalue weighted by atomic mass is 9.99. The Balaban J connectivity index is 1.98. The first kappa shape index (κ1) is 14.6. The van der Waals surface area contributed by atoms with E-state index in [9.17, 15) is 9.59 Å². The number of carboxylic acid groups (broad SMARTS) is 1. The Hall–Kier alpha value is -1.84. The van der Waals surface area contributed by atoms with Crippen molar-refractivity contribution in [1.82, 2.24) is 0 Å². The zero-order valence-corrected chi connectivity index (χ0v) is 11.9. The maximum absolute atomic E-state index is 12.3. The van der Waals surface area contributed by atoms with Gasteiger partial charge in [-0.2, -0.15) is 0 Å². The number of rotatable bonds is 5. The maximum Gasteiger partial charge on any atom is 0.303 e. The van der Waals surface area contributed by atoms with Crippen LogP contribution in [0.1, 0.15) is 43.2 Å². The molecule has 4 nitrogen and oxygen atoms in total. The number of nitrogens with zero attached hydrogens (tertiary/aromatic N) is 1. The molecule has 0 unspecified atom stereocenters. The molecule has 1 aliphatic rings. The lowest BCUT2D eigenvalue weighted by Crippen LogP contribution is -2.35. The number of benzene rings is 1. The van der Waals surface area contributed by atoms with Gasteiger partial charge in [-0.05, 0) is 49.8 Å². The molecule has 0 atom stereocenters. The zero-order valence-electron chi connectivity index (χ0n) is 11.9. The Morgan fingerprint density at radius 1 is 1.25 bits per heavy atom. The van der Waals surface area contributed by atoms with Crippen molar-refractivity contribution in [2.24, 2.45) is 0 Å². The first-order valence-corrected chi connectivity index (χ1v) is 7.19. The molecule has 108 valence electrons. The van der Waals surface area contributed by atoms with E-state index in [4.69, 9.17) is 5.11 Å². The molecule has 0 radical (unpaired) electrons. The van der Waals surface area contributed by atoms with Gasteiger partial charge in [0, 0.05) is 25.1 Å². The number of hydrogen-bond acceptors (Lipinski definition) is 2. The molecule has 0 saturated carbocycles. The number of unbranched alkanes of at least 4 members (excludes halogenated alkanes) is 1. The summed E-state index contributed by atoms with van der Waals surface area (Å²) in [6.07, 6.45) is 3.80. The van der Waals surface area contributed by atoms with E-state index in [1.165, 1.54) is 5.56 Å². The van der Waals surface area contributed by atoms with Crippen LogP contribution in [-0.2, 0) is 16.0 Å². The van der Waals surface area contributed by atoms with Gasteiger partial charge in [0.15, 0.2) is 0 Å². The third-order valence-corrected chi connectivity index (χ3v) is 3.69. The third kappa shape index (κ3) is 3.59. The monoisotopic (exact) mass is 275 g/mol. The minimum absolute atomic E-state index is 0.113. The Bertz CT molecular complexity index is 510. The molecule has 1 amide bonds. The van der Waals surface area contributed by atoms with Crippen LogP contribution in [0.3, 0.4) is 0 Å². The number of aliphatic carboxylic acids is 1. The molecular formula is C16H21NO3. The van der Waals surface area contributed by atoms with Crippen molar-refractivity contribution in [2.45, 2.75) is 45.4 Å². The summed E-state index contributed by atoms with van der Waals surface area (Å²) < 4.78 is 0. The number of hydrogen-bond donors (Lipinski definition) is 1. The van der Waals surface area contributed by atoms with E-state index >= 15 is 0 Å². The number of amides is 1.